The van der Waals surface area contributed by atoms with Crippen LogP contribution >= 0.6 is 0 Å². The molecular formula is C15H13F3O2Pb. The fraction of sp³-hybridized carbons (Fsp3) is 0.133. The average Bonchev–Trinajstić information content (AvgIpc) is 2.45. The van der Waals surface area contributed by atoms with Gasteiger partial charge in [-0.05, 0) is 0 Å². The molecule has 0 heterocycles. The minimum atomic E-state index is -5.78. The molecular weight excluding hydrogens is 476 g/mol. The van der Waals surface area contributed by atoms with Crippen LogP contribution in [0.1, 0.15) is 6.92 Å². The Morgan fingerprint density at radius 1 is 0.905 bits per heavy atom. The van der Waals surface area contributed by atoms with Gasteiger partial charge in [-0.2, -0.15) is 0 Å². The van der Waals surface area contributed by atoms with Crippen molar-refractivity contribution in [3.63, 3.8) is 0 Å². The molecule has 110 valence electrons. The van der Waals surface area contributed by atoms with E-state index in [2.05, 4.69) is 0 Å². The summed E-state index contributed by atoms with van der Waals surface area (Å²) in [4.78, 5) is 11.4. The molecule has 0 aliphatic rings. The Labute approximate surface area is 125 Å². The number of hydrogen-bond donors (Lipinski definition) is 0. The summed E-state index contributed by atoms with van der Waals surface area (Å²) in [6.45, 7) is 1.02. The summed E-state index contributed by atoms with van der Waals surface area (Å²) in [7, 11) is 0. The van der Waals surface area contributed by atoms with Gasteiger partial charge in [0, 0.05) is 0 Å². The summed E-state index contributed by atoms with van der Waals surface area (Å²) in [5.41, 5.74) is 0. The van der Waals surface area contributed by atoms with Gasteiger partial charge in [-0.25, -0.2) is 0 Å². The van der Waals surface area contributed by atoms with Crippen LogP contribution in [0.2, 0.25) is 0 Å². The van der Waals surface area contributed by atoms with Crippen molar-refractivity contribution >= 4 is 33.8 Å². The second-order valence-corrected chi connectivity index (χ2v) is 17.3. The number of carbonyl (C=O) groups is 1. The third-order valence-corrected chi connectivity index (χ3v) is 17.4. The quantitative estimate of drug-likeness (QED) is 0.620. The SMILES string of the molecule is CC(=O)[O][Pb]([c]1ccccc1)([c]1ccccc1)[C](F)(F)F. The molecule has 2 nitrogen and oxygen atoms in total. The van der Waals surface area contributed by atoms with E-state index in [4.69, 9.17) is 2.69 Å². The van der Waals surface area contributed by atoms with Crippen LogP contribution in [0.25, 0.3) is 0 Å². The van der Waals surface area contributed by atoms with E-state index in [0.717, 1.165) is 6.92 Å². The van der Waals surface area contributed by atoms with Crippen LogP contribution in [-0.4, -0.2) is 31.3 Å². The number of benzene rings is 2. The fourth-order valence-electron chi connectivity index (χ4n) is 2.23. The molecule has 2 aromatic rings. The number of alkyl halides is 3. The first-order valence-electron chi connectivity index (χ1n) is 6.25. The van der Waals surface area contributed by atoms with Crippen molar-refractivity contribution < 1.29 is 20.7 Å². The molecule has 0 unspecified atom stereocenters. The molecule has 21 heavy (non-hydrogen) atoms. The molecule has 0 aliphatic carbocycles. The van der Waals surface area contributed by atoms with Gasteiger partial charge in [-0.15, -0.1) is 0 Å². The Kier molecular flexibility index (Phi) is 4.70. The molecule has 0 aromatic heterocycles. The third kappa shape index (κ3) is 3.12. The maximum atomic E-state index is 13.9. The predicted molar refractivity (Wildman–Crippen MR) is 75.7 cm³/mol. The Morgan fingerprint density at radius 3 is 1.57 bits per heavy atom. The molecule has 0 bridgehead atoms. The Balaban J connectivity index is 2.75. The van der Waals surface area contributed by atoms with E-state index < -0.39 is 31.3 Å². The van der Waals surface area contributed by atoms with Crippen molar-refractivity contribution in [3.8, 4) is 0 Å². The van der Waals surface area contributed by atoms with Gasteiger partial charge in [0.25, 0.3) is 0 Å². The number of carbonyl (C=O) groups excluding carboxylic acids is 1. The van der Waals surface area contributed by atoms with E-state index in [1.165, 1.54) is 48.5 Å². The molecule has 0 aliphatic heterocycles. The van der Waals surface area contributed by atoms with Crippen molar-refractivity contribution in [1.82, 2.24) is 0 Å². The third-order valence-electron chi connectivity index (χ3n) is 3.06. The van der Waals surface area contributed by atoms with E-state index in [0.29, 0.717) is 0 Å². The molecule has 0 N–H and O–H groups in total. The molecule has 2 aromatic carbocycles. The van der Waals surface area contributed by atoms with E-state index >= 15 is 0 Å². The van der Waals surface area contributed by atoms with Gasteiger partial charge in [-0.3, -0.25) is 0 Å². The van der Waals surface area contributed by atoms with Crippen LogP contribution in [0, 0.1) is 0 Å². The first kappa shape index (κ1) is 16.0. The number of halogens is 3. The summed E-state index contributed by atoms with van der Waals surface area (Å²) in [6, 6.07) is 15.0. The topological polar surface area (TPSA) is 26.3 Å². The molecule has 0 saturated carbocycles. The second-order valence-electron chi connectivity index (χ2n) is 4.50. The van der Waals surface area contributed by atoms with Crippen LogP contribution in [-0.2, 0) is 7.48 Å². The standard InChI is InChI=1S/2C6H5.C2H4O2.CF3.Pb/c2*1-2-4-6-5-3-1;1-2(3)4;2-1(3)4;/h2*1-5H;1H3,(H,3,4);;/q;;;;+1/p-1. The van der Waals surface area contributed by atoms with E-state index in [9.17, 15) is 18.0 Å². The van der Waals surface area contributed by atoms with Crippen LogP contribution in [0.5, 0.6) is 0 Å². The zero-order valence-corrected chi connectivity index (χ0v) is 15.1. The van der Waals surface area contributed by atoms with Gasteiger partial charge in [0.15, 0.2) is 0 Å². The molecule has 0 amide bonds. The van der Waals surface area contributed by atoms with Crippen molar-refractivity contribution in [1.29, 1.82) is 0 Å². The van der Waals surface area contributed by atoms with Gasteiger partial charge in [0.2, 0.25) is 0 Å². The Hall–Kier alpha value is -1.38. The molecule has 2 rings (SSSR count). The van der Waals surface area contributed by atoms with Gasteiger partial charge in [-0.1, -0.05) is 0 Å². The van der Waals surface area contributed by atoms with Gasteiger partial charge in [0.1, 0.15) is 0 Å². The number of rotatable bonds is 3. The van der Waals surface area contributed by atoms with Gasteiger partial charge < -0.3 is 0 Å². The first-order valence-corrected chi connectivity index (χ1v) is 13.7. The summed E-state index contributed by atoms with van der Waals surface area (Å²) in [6.07, 6.45) is 0. The predicted octanol–water partition coefficient (Wildman–Crippen LogP) is 2.41. The molecule has 0 spiro atoms. The van der Waals surface area contributed by atoms with E-state index in [1.54, 1.807) is 12.1 Å². The summed E-state index contributed by atoms with van der Waals surface area (Å²) >= 11 is -5.78. The molecule has 0 atom stereocenters. The van der Waals surface area contributed by atoms with Crippen molar-refractivity contribution in [2.45, 2.75) is 10.7 Å². The Bertz CT molecular complexity index is 572. The first-order chi connectivity index (χ1) is 9.88. The van der Waals surface area contributed by atoms with Crippen LogP contribution in [0.3, 0.4) is 0 Å². The van der Waals surface area contributed by atoms with Gasteiger partial charge >= 0.3 is 126 Å². The fourth-order valence-corrected chi connectivity index (χ4v) is 14.3. The van der Waals surface area contributed by atoms with Crippen molar-refractivity contribution in [3.05, 3.63) is 60.7 Å². The summed E-state index contributed by atoms with van der Waals surface area (Å²) in [5.74, 6) is -0.901. The molecule has 0 saturated heterocycles. The monoisotopic (exact) mass is 490 g/mol. The van der Waals surface area contributed by atoms with Crippen molar-refractivity contribution in [2.24, 2.45) is 0 Å². The Morgan fingerprint density at radius 2 is 1.29 bits per heavy atom. The van der Waals surface area contributed by atoms with Gasteiger partial charge in [0.05, 0.1) is 0 Å². The van der Waals surface area contributed by atoms with E-state index in [-0.39, 0.29) is 6.25 Å². The van der Waals surface area contributed by atoms with Crippen LogP contribution < -0.4 is 6.25 Å². The zero-order valence-electron chi connectivity index (χ0n) is 11.2. The maximum absolute atomic E-state index is 13.9. The van der Waals surface area contributed by atoms with Crippen LogP contribution in [0.4, 0.5) is 13.2 Å². The van der Waals surface area contributed by atoms with Crippen LogP contribution in [0.15, 0.2) is 60.7 Å². The minimum absolute atomic E-state index is 0.0823. The van der Waals surface area contributed by atoms with Crippen molar-refractivity contribution in [2.75, 3.05) is 0 Å². The molecule has 6 heteroatoms. The van der Waals surface area contributed by atoms with E-state index in [1.807, 2.05) is 0 Å². The molecule has 0 fully saturated rings. The summed E-state index contributed by atoms with van der Waals surface area (Å²) in [5, 5.41) is 0. The average molecular weight is 489 g/mol. The summed E-state index contributed by atoms with van der Waals surface area (Å²) < 4.78 is 42.4. The zero-order chi connectivity index (χ0) is 15.5. The molecule has 0 radical (unpaired) electrons. The number of hydrogen-bond acceptors (Lipinski definition) is 2. The normalized spacial score (nSPS) is 12.0. The second kappa shape index (κ2) is 6.17.